The molecule has 0 amide bonds. The lowest BCUT2D eigenvalue weighted by molar-refractivity contribution is 0.0606. The van der Waals surface area contributed by atoms with Gasteiger partial charge in [-0.3, -0.25) is 9.36 Å². The van der Waals surface area contributed by atoms with E-state index in [4.69, 9.17) is 16.3 Å². The van der Waals surface area contributed by atoms with Crippen LogP contribution in [0.5, 0.6) is 0 Å². The summed E-state index contributed by atoms with van der Waals surface area (Å²) in [5.74, 6) is -1.19. The summed E-state index contributed by atoms with van der Waals surface area (Å²) < 4.78 is 19.5. The van der Waals surface area contributed by atoms with Crippen molar-refractivity contribution in [1.82, 2.24) is 4.57 Å². The number of methoxy groups -OCH3 is 1. The molecule has 0 atom stereocenters. The third-order valence-corrected chi connectivity index (χ3v) is 4.94. The smallest absolute Gasteiger partial charge is 0.348 e. The highest BCUT2D eigenvalue weighted by atomic mass is 35.5. The largest absolute Gasteiger partial charge is 0.465 e. The van der Waals surface area contributed by atoms with Gasteiger partial charge in [0.1, 0.15) is 10.7 Å². The molecule has 0 saturated carbocycles. The number of nitrogens with zero attached hydrogens (tertiary/aromatic N) is 2. The summed E-state index contributed by atoms with van der Waals surface area (Å²) in [5.41, 5.74) is 0.858. The summed E-state index contributed by atoms with van der Waals surface area (Å²) in [6.45, 7) is 0.269. The number of carbonyl (C=O) groups excluding carboxylic acids is 1. The minimum absolute atomic E-state index is 0.0812. The predicted molar refractivity (Wildman–Crippen MR) is 102 cm³/mol. The molecule has 1 aromatic heterocycles. The molecule has 5 nitrogen and oxygen atoms in total. The molecule has 0 saturated heterocycles. The maximum atomic E-state index is 13.4. The van der Waals surface area contributed by atoms with Gasteiger partial charge in [0.25, 0.3) is 5.56 Å². The molecule has 0 fully saturated rings. The Labute approximate surface area is 163 Å². The summed E-state index contributed by atoms with van der Waals surface area (Å²) in [5, 5.41) is -0.0812. The Morgan fingerprint density at radius 2 is 1.96 bits per heavy atom. The van der Waals surface area contributed by atoms with Crippen LogP contribution < -0.4 is 10.4 Å². The zero-order valence-electron chi connectivity index (χ0n) is 14.2. The van der Waals surface area contributed by atoms with E-state index in [1.54, 1.807) is 0 Å². The second-order valence-corrected chi connectivity index (χ2v) is 6.92. The summed E-state index contributed by atoms with van der Waals surface area (Å²) >= 11 is 6.82. The van der Waals surface area contributed by atoms with Crippen LogP contribution in [0.3, 0.4) is 0 Å². The highest BCUT2D eigenvalue weighted by Gasteiger charge is 2.12. The Morgan fingerprint density at radius 1 is 1.22 bits per heavy atom. The summed E-state index contributed by atoms with van der Waals surface area (Å²) in [7, 11) is 1.24. The molecule has 0 radical (unpaired) electrons. The van der Waals surface area contributed by atoms with E-state index in [9.17, 15) is 14.0 Å². The first-order valence-electron chi connectivity index (χ1n) is 7.85. The van der Waals surface area contributed by atoms with E-state index < -0.39 is 17.3 Å². The van der Waals surface area contributed by atoms with Crippen LogP contribution in [0.4, 0.5) is 10.1 Å². The molecule has 138 valence electrons. The van der Waals surface area contributed by atoms with Gasteiger partial charge in [0.05, 0.1) is 24.4 Å². The molecule has 2 aromatic carbocycles. The number of halogens is 2. The maximum Gasteiger partial charge on any atom is 0.348 e. The van der Waals surface area contributed by atoms with Gasteiger partial charge in [-0.05, 0) is 23.8 Å². The summed E-state index contributed by atoms with van der Waals surface area (Å²) in [6, 6.07) is 14.6. The summed E-state index contributed by atoms with van der Waals surface area (Å²) in [6.07, 6.45) is 0. The first kappa shape index (κ1) is 19.0. The molecule has 1 heterocycles. The molecule has 27 heavy (non-hydrogen) atoms. The number of esters is 1. The quantitative estimate of drug-likeness (QED) is 0.622. The minimum Gasteiger partial charge on any atom is -0.465 e. The summed E-state index contributed by atoms with van der Waals surface area (Å²) in [4.78, 5) is 29.3. The van der Waals surface area contributed by atoms with Crippen molar-refractivity contribution in [3.8, 4) is 0 Å². The van der Waals surface area contributed by atoms with Crippen molar-refractivity contribution in [2.45, 2.75) is 6.54 Å². The van der Waals surface area contributed by atoms with E-state index in [-0.39, 0.29) is 21.2 Å². The molecule has 0 spiro atoms. The SMILES string of the molecule is COC(=O)c1cc(=O)n(Cc2ccccc2)c(=Nc2ccc(F)c(Cl)c2)s1. The molecule has 0 aliphatic heterocycles. The molecule has 0 N–H and O–H groups in total. The number of rotatable bonds is 4. The Morgan fingerprint density at radius 3 is 2.63 bits per heavy atom. The highest BCUT2D eigenvalue weighted by molar-refractivity contribution is 7.11. The second kappa shape index (κ2) is 8.28. The fraction of sp³-hybridized carbons (Fsp3) is 0.105. The van der Waals surface area contributed by atoms with Crippen LogP contribution in [0.2, 0.25) is 5.02 Å². The monoisotopic (exact) mass is 404 g/mol. The predicted octanol–water partition coefficient (Wildman–Crippen LogP) is 3.77. The molecule has 3 aromatic rings. The van der Waals surface area contributed by atoms with Crippen LogP contribution in [0.15, 0.2) is 64.4 Å². The first-order valence-corrected chi connectivity index (χ1v) is 9.04. The Kier molecular flexibility index (Phi) is 5.83. The van der Waals surface area contributed by atoms with Crippen LogP contribution >= 0.6 is 22.9 Å². The van der Waals surface area contributed by atoms with Gasteiger partial charge in [-0.15, -0.1) is 0 Å². The molecule has 8 heteroatoms. The normalized spacial score (nSPS) is 11.4. The van der Waals surface area contributed by atoms with E-state index >= 15 is 0 Å². The fourth-order valence-corrected chi connectivity index (χ4v) is 3.44. The van der Waals surface area contributed by atoms with Crippen molar-refractivity contribution >= 4 is 34.6 Å². The van der Waals surface area contributed by atoms with E-state index in [2.05, 4.69) is 4.99 Å². The van der Waals surface area contributed by atoms with E-state index in [0.29, 0.717) is 5.69 Å². The molecular weight excluding hydrogens is 391 g/mol. The third kappa shape index (κ3) is 4.50. The Balaban J connectivity index is 2.19. The van der Waals surface area contributed by atoms with Crippen molar-refractivity contribution in [2.75, 3.05) is 7.11 Å². The van der Waals surface area contributed by atoms with Gasteiger partial charge < -0.3 is 4.74 Å². The van der Waals surface area contributed by atoms with E-state index in [1.165, 1.54) is 35.9 Å². The number of carbonyl (C=O) groups is 1. The first-order chi connectivity index (χ1) is 13.0. The molecule has 0 bridgehead atoms. The highest BCUT2D eigenvalue weighted by Crippen LogP contribution is 2.21. The van der Waals surface area contributed by atoms with Gasteiger partial charge >= 0.3 is 5.97 Å². The maximum absolute atomic E-state index is 13.4. The average molecular weight is 405 g/mol. The zero-order valence-corrected chi connectivity index (χ0v) is 15.8. The van der Waals surface area contributed by atoms with Crippen molar-refractivity contribution in [2.24, 2.45) is 4.99 Å². The Hall–Kier alpha value is -2.77. The average Bonchev–Trinajstić information content (AvgIpc) is 2.67. The molecule has 0 unspecified atom stereocenters. The van der Waals surface area contributed by atoms with Gasteiger partial charge in [0, 0.05) is 6.07 Å². The lowest BCUT2D eigenvalue weighted by Gasteiger charge is -2.08. The Bertz CT molecular complexity index is 1110. The number of ether oxygens (including phenoxy) is 1. The number of benzene rings is 2. The number of aromatic nitrogens is 1. The molecule has 3 rings (SSSR count). The number of hydrogen-bond acceptors (Lipinski definition) is 5. The zero-order chi connectivity index (χ0) is 19.4. The molecule has 0 aliphatic rings. The van der Waals surface area contributed by atoms with E-state index in [1.807, 2.05) is 30.3 Å². The lowest BCUT2D eigenvalue weighted by Crippen LogP contribution is -2.33. The van der Waals surface area contributed by atoms with Gasteiger partial charge in [0.2, 0.25) is 0 Å². The van der Waals surface area contributed by atoms with Crippen LogP contribution in [0.1, 0.15) is 15.2 Å². The van der Waals surface area contributed by atoms with Crippen molar-refractivity contribution in [3.05, 3.63) is 91.0 Å². The van der Waals surface area contributed by atoms with Crippen molar-refractivity contribution < 1.29 is 13.9 Å². The van der Waals surface area contributed by atoms with Crippen LogP contribution in [0.25, 0.3) is 0 Å². The minimum atomic E-state index is -0.627. The van der Waals surface area contributed by atoms with Crippen LogP contribution in [-0.2, 0) is 11.3 Å². The molecule has 0 aliphatic carbocycles. The standard InChI is InChI=1S/C19H14ClFN2O3S/c1-26-18(25)16-10-17(24)23(11-12-5-3-2-4-6-12)19(27-16)22-13-7-8-15(21)14(20)9-13/h2-10H,11H2,1H3. The van der Waals surface area contributed by atoms with Crippen LogP contribution in [0, 0.1) is 5.82 Å². The third-order valence-electron chi connectivity index (χ3n) is 3.65. The van der Waals surface area contributed by atoms with Gasteiger partial charge in [-0.1, -0.05) is 53.3 Å². The second-order valence-electron chi connectivity index (χ2n) is 5.51. The van der Waals surface area contributed by atoms with Crippen LogP contribution in [-0.4, -0.2) is 17.6 Å². The number of hydrogen-bond donors (Lipinski definition) is 0. The topological polar surface area (TPSA) is 60.7 Å². The lowest BCUT2D eigenvalue weighted by atomic mass is 10.2. The van der Waals surface area contributed by atoms with Crippen molar-refractivity contribution in [3.63, 3.8) is 0 Å². The van der Waals surface area contributed by atoms with E-state index in [0.717, 1.165) is 16.9 Å². The van der Waals surface area contributed by atoms with Gasteiger partial charge in [-0.25, -0.2) is 14.2 Å². The molecular formula is C19H14ClFN2O3S. The fourth-order valence-electron chi connectivity index (χ4n) is 2.33. The van der Waals surface area contributed by atoms with Crippen molar-refractivity contribution in [1.29, 1.82) is 0 Å². The van der Waals surface area contributed by atoms with Gasteiger partial charge in [-0.2, -0.15) is 0 Å². The van der Waals surface area contributed by atoms with Gasteiger partial charge in [0.15, 0.2) is 4.80 Å².